The molecular weight excluding hydrogens is 248 g/mol. The van der Waals surface area contributed by atoms with Crippen LogP contribution in [0.2, 0.25) is 5.02 Å². The molecule has 2 rings (SSSR count). The van der Waals surface area contributed by atoms with Crippen molar-refractivity contribution in [2.75, 3.05) is 5.32 Å². The van der Waals surface area contributed by atoms with E-state index in [1.165, 1.54) is 6.08 Å². The van der Waals surface area contributed by atoms with Gasteiger partial charge in [-0.3, -0.25) is 4.79 Å². The number of carbonyl (C=O) groups excluding carboxylic acids is 1. The number of carbonyl (C=O) groups is 1. The molecule has 90 valence electrons. The number of nitrogens with one attached hydrogen (secondary N) is 1. The zero-order chi connectivity index (χ0) is 12.8. The van der Waals surface area contributed by atoms with Gasteiger partial charge in [-0.25, -0.2) is 4.98 Å². The molecule has 1 aromatic carbocycles. The van der Waals surface area contributed by atoms with Crippen molar-refractivity contribution in [3.8, 4) is 0 Å². The molecule has 0 fully saturated rings. The smallest absolute Gasteiger partial charge is 0.187 e. The first-order valence-electron chi connectivity index (χ1n) is 5.40. The zero-order valence-corrected chi connectivity index (χ0v) is 10.3. The summed E-state index contributed by atoms with van der Waals surface area (Å²) in [5.74, 6) is 0.604. The number of ketones is 1. The van der Waals surface area contributed by atoms with Crippen molar-refractivity contribution in [1.29, 1.82) is 0 Å². The lowest BCUT2D eigenvalue weighted by molar-refractivity contribution is 0.104. The third-order valence-corrected chi connectivity index (χ3v) is 2.51. The summed E-state index contributed by atoms with van der Waals surface area (Å²) in [6.45, 7) is 0. The van der Waals surface area contributed by atoms with E-state index in [0.717, 1.165) is 0 Å². The van der Waals surface area contributed by atoms with Crippen LogP contribution in [-0.4, -0.2) is 10.8 Å². The van der Waals surface area contributed by atoms with Gasteiger partial charge in [0.2, 0.25) is 0 Å². The largest absolute Gasteiger partial charge is 0.347 e. The molecule has 0 saturated heterocycles. The maximum atomic E-state index is 11.8. The quantitative estimate of drug-likeness (QED) is 0.674. The summed E-state index contributed by atoms with van der Waals surface area (Å²) in [5, 5.41) is 3.53. The maximum absolute atomic E-state index is 11.8. The first-order chi connectivity index (χ1) is 8.75. The Kier molecular flexibility index (Phi) is 4.10. The molecule has 3 nitrogen and oxygen atoms in total. The number of aromatic nitrogens is 1. The molecule has 0 saturated carbocycles. The third kappa shape index (κ3) is 3.43. The fraction of sp³-hybridized carbons (Fsp3) is 0. The summed E-state index contributed by atoms with van der Waals surface area (Å²) in [7, 11) is 0. The van der Waals surface area contributed by atoms with Gasteiger partial charge in [-0.05, 0) is 36.4 Å². The van der Waals surface area contributed by atoms with Crippen LogP contribution in [0.5, 0.6) is 0 Å². The van der Waals surface area contributed by atoms with E-state index in [9.17, 15) is 4.79 Å². The number of halogens is 1. The number of rotatable bonds is 4. The molecule has 1 aromatic heterocycles. The number of pyridine rings is 1. The van der Waals surface area contributed by atoms with Crippen LogP contribution in [0.15, 0.2) is 60.9 Å². The molecule has 0 atom stereocenters. The summed E-state index contributed by atoms with van der Waals surface area (Å²) in [5.41, 5.74) is 0.596. The molecule has 18 heavy (non-hydrogen) atoms. The summed E-state index contributed by atoms with van der Waals surface area (Å²) >= 11 is 5.75. The minimum atomic E-state index is -0.0879. The van der Waals surface area contributed by atoms with Gasteiger partial charge in [0.05, 0.1) is 0 Å². The maximum Gasteiger partial charge on any atom is 0.187 e. The molecule has 2 aromatic rings. The highest BCUT2D eigenvalue weighted by Crippen LogP contribution is 2.10. The second kappa shape index (κ2) is 5.98. The van der Waals surface area contributed by atoms with E-state index in [1.54, 1.807) is 36.7 Å². The van der Waals surface area contributed by atoms with Gasteiger partial charge in [-0.1, -0.05) is 17.7 Å². The van der Waals surface area contributed by atoms with Crippen LogP contribution in [-0.2, 0) is 0 Å². The fourth-order valence-corrected chi connectivity index (χ4v) is 1.49. The standard InChI is InChI=1S/C14H11ClN2O/c15-12-6-4-11(5-7-12)13(18)8-10-17-14-3-1-2-9-16-14/h1-10H,(H,16,17)/b10-8+. The van der Waals surface area contributed by atoms with Crippen molar-refractivity contribution in [3.05, 3.63) is 71.5 Å². The van der Waals surface area contributed by atoms with Crippen molar-refractivity contribution >= 4 is 23.2 Å². The zero-order valence-electron chi connectivity index (χ0n) is 9.51. The van der Waals surface area contributed by atoms with Gasteiger partial charge < -0.3 is 5.32 Å². The number of allylic oxidation sites excluding steroid dienone is 1. The average Bonchev–Trinajstić information content (AvgIpc) is 2.40. The predicted molar refractivity (Wildman–Crippen MR) is 72.8 cm³/mol. The molecule has 0 unspecified atom stereocenters. The topological polar surface area (TPSA) is 42.0 Å². The molecule has 1 heterocycles. The lowest BCUT2D eigenvalue weighted by atomic mass is 10.1. The first kappa shape index (κ1) is 12.3. The number of hydrogen-bond acceptors (Lipinski definition) is 3. The lowest BCUT2D eigenvalue weighted by Crippen LogP contribution is -1.96. The highest BCUT2D eigenvalue weighted by atomic mass is 35.5. The molecule has 0 radical (unpaired) electrons. The molecule has 0 spiro atoms. The van der Waals surface area contributed by atoms with Crippen LogP contribution < -0.4 is 5.32 Å². The van der Waals surface area contributed by atoms with Crippen LogP contribution in [0.25, 0.3) is 0 Å². The van der Waals surface area contributed by atoms with Gasteiger partial charge in [-0.15, -0.1) is 0 Å². The van der Waals surface area contributed by atoms with Gasteiger partial charge in [0.25, 0.3) is 0 Å². The second-order valence-corrected chi connectivity index (χ2v) is 4.00. The average molecular weight is 259 g/mol. The Morgan fingerprint density at radius 1 is 1.17 bits per heavy atom. The number of benzene rings is 1. The van der Waals surface area contributed by atoms with E-state index in [2.05, 4.69) is 10.3 Å². The number of hydrogen-bond donors (Lipinski definition) is 1. The molecular formula is C14H11ClN2O. The Hall–Kier alpha value is -2.13. The minimum Gasteiger partial charge on any atom is -0.347 e. The number of anilines is 1. The van der Waals surface area contributed by atoms with Gasteiger partial charge in [-0.2, -0.15) is 0 Å². The molecule has 0 aliphatic rings. The van der Waals surface area contributed by atoms with Crippen molar-refractivity contribution in [1.82, 2.24) is 4.98 Å². The van der Waals surface area contributed by atoms with Crippen LogP contribution in [0.4, 0.5) is 5.82 Å². The van der Waals surface area contributed by atoms with Crippen molar-refractivity contribution in [2.45, 2.75) is 0 Å². The van der Waals surface area contributed by atoms with E-state index in [4.69, 9.17) is 11.6 Å². The van der Waals surface area contributed by atoms with Crippen LogP contribution >= 0.6 is 11.6 Å². The van der Waals surface area contributed by atoms with Crippen LogP contribution in [0, 0.1) is 0 Å². The summed E-state index contributed by atoms with van der Waals surface area (Å²) in [6, 6.07) is 12.3. The van der Waals surface area contributed by atoms with Crippen molar-refractivity contribution < 1.29 is 4.79 Å². The van der Waals surface area contributed by atoms with Crippen LogP contribution in [0.3, 0.4) is 0 Å². The Morgan fingerprint density at radius 3 is 2.61 bits per heavy atom. The first-order valence-corrected chi connectivity index (χ1v) is 5.77. The van der Waals surface area contributed by atoms with Gasteiger partial charge >= 0.3 is 0 Å². The van der Waals surface area contributed by atoms with Gasteiger partial charge in [0.1, 0.15) is 5.82 Å². The highest BCUT2D eigenvalue weighted by molar-refractivity contribution is 6.30. The Bertz CT molecular complexity index is 550. The minimum absolute atomic E-state index is 0.0879. The molecule has 0 amide bonds. The molecule has 4 heteroatoms. The van der Waals surface area contributed by atoms with Crippen molar-refractivity contribution in [2.24, 2.45) is 0 Å². The Morgan fingerprint density at radius 2 is 1.94 bits per heavy atom. The normalized spacial score (nSPS) is 10.5. The van der Waals surface area contributed by atoms with Crippen LogP contribution in [0.1, 0.15) is 10.4 Å². The highest BCUT2D eigenvalue weighted by Gasteiger charge is 2.00. The predicted octanol–water partition coefficient (Wildman–Crippen LogP) is 3.54. The molecule has 0 aliphatic carbocycles. The van der Waals surface area contributed by atoms with Crippen molar-refractivity contribution in [3.63, 3.8) is 0 Å². The lowest BCUT2D eigenvalue weighted by Gasteiger charge is -1.98. The van der Waals surface area contributed by atoms with E-state index in [-0.39, 0.29) is 5.78 Å². The molecule has 0 aliphatic heterocycles. The summed E-state index contributed by atoms with van der Waals surface area (Å²) in [4.78, 5) is 15.8. The Balaban J connectivity index is 1.97. The monoisotopic (exact) mass is 258 g/mol. The third-order valence-electron chi connectivity index (χ3n) is 2.26. The number of nitrogens with zero attached hydrogens (tertiary/aromatic N) is 1. The fourth-order valence-electron chi connectivity index (χ4n) is 1.36. The second-order valence-electron chi connectivity index (χ2n) is 3.56. The van der Waals surface area contributed by atoms with E-state index >= 15 is 0 Å². The van der Waals surface area contributed by atoms with E-state index in [1.807, 2.05) is 18.2 Å². The summed E-state index contributed by atoms with van der Waals surface area (Å²) in [6.07, 6.45) is 4.70. The van der Waals surface area contributed by atoms with E-state index in [0.29, 0.717) is 16.4 Å². The molecule has 1 N–H and O–H groups in total. The van der Waals surface area contributed by atoms with Gasteiger partial charge in [0, 0.05) is 29.1 Å². The summed E-state index contributed by atoms with van der Waals surface area (Å²) < 4.78 is 0. The SMILES string of the molecule is O=C(/C=C/Nc1ccccn1)c1ccc(Cl)cc1. The van der Waals surface area contributed by atoms with Gasteiger partial charge in [0.15, 0.2) is 5.78 Å². The van der Waals surface area contributed by atoms with E-state index < -0.39 is 0 Å². The Labute approximate surface area is 110 Å². The molecule has 0 bridgehead atoms.